The van der Waals surface area contributed by atoms with Crippen molar-refractivity contribution in [2.24, 2.45) is 11.8 Å². The molecule has 13 heteroatoms. The lowest BCUT2D eigenvalue weighted by Crippen LogP contribution is -2.60. The number of carboxylic acids is 1. The third-order valence-electron chi connectivity index (χ3n) is 6.68. The second-order valence-corrected chi connectivity index (χ2v) is 9.05. The minimum atomic E-state index is -1.74. The SMILES string of the molecule is O=C(/C=C/c1ccc(O)c(O)c1)OC[C@H]1O[C@@H](O[C@@H]2OC=C(C(=O)O)[C@H]3CC=C(CO)[C@@H]23)[C@H](O)[C@@H](O)[C@@H]1O. The summed E-state index contributed by atoms with van der Waals surface area (Å²) in [7, 11) is 0. The van der Waals surface area contributed by atoms with E-state index in [9.17, 15) is 45.3 Å². The predicted octanol–water partition coefficient (Wildman–Crippen LogP) is -0.642. The fraction of sp³-hybridized carbons (Fsp3) is 0.440. The number of aliphatic hydroxyl groups is 4. The van der Waals surface area contributed by atoms with Crippen molar-refractivity contribution in [2.75, 3.05) is 13.2 Å². The van der Waals surface area contributed by atoms with E-state index in [2.05, 4.69) is 0 Å². The Morgan fingerprint density at radius 1 is 1.05 bits per heavy atom. The maximum Gasteiger partial charge on any atom is 0.335 e. The lowest BCUT2D eigenvalue weighted by Gasteiger charge is -2.43. The molecule has 1 saturated heterocycles. The largest absolute Gasteiger partial charge is 0.504 e. The van der Waals surface area contributed by atoms with Gasteiger partial charge >= 0.3 is 11.9 Å². The Balaban J connectivity index is 1.40. The summed E-state index contributed by atoms with van der Waals surface area (Å²) in [5.41, 5.74) is 0.875. The first-order valence-electron chi connectivity index (χ1n) is 11.7. The van der Waals surface area contributed by atoms with Crippen molar-refractivity contribution in [1.82, 2.24) is 0 Å². The number of aliphatic hydroxyl groups excluding tert-OH is 4. The zero-order valence-corrected chi connectivity index (χ0v) is 19.9. The van der Waals surface area contributed by atoms with Crippen LogP contribution in [0.5, 0.6) is 11.5 Å². The topological polar surface area (TPSA) is 213 Å². The number of fused-ring (bicyclic) bond motifs is 1. The monoisotopic (exact) mass is 536 g/mol. The van der Waals surface area contributed by atoms with Gasteiger partial charge in [0.05, 0.1) is 24.4 Å². The van der Waals surface area contributed by atoms with E-state index in [0.29, 0.717) is 17.6 Å². The Morgan fingerprint density at radius 2 is 1.82 bits per heavy atom. The molecule has 38 heavy (non-hydrogen) atoms. The molecule has 0 aromatic heterocycles. The second-order valence-electron chi connectivity index (χ2n) is 9.05. The van der Waals surface area contributed by atoms with Crippen LogP contribution in [0.15, 0.2) is 47.8 Å². The first-order chi connectivity index (χ1) is 18.1. The van der Waals surface area contributed by atoms with Gasteiger partial charge in [-0.05, 0) is 35.8 Å². The molecule has 2 heterocycles. The summed E-state index contributed by atoms with van der Waals surface area (Å²) in [4.78, 5) is 23.7. The van der Waals surface area contributed by atoms with Crippen molar-refractivity contribution in [1.29, 1.82) is 0 Å². The summed E-state index contributed by atoms with van der Waals surface area (Å²) >= 11 is 0. The van der Waals surface area contributed by atoms with Gasteiger partial charge in [0, 0.05) is 12.0 Å². The van der Waals surface area contributed by atoms with E-state index < -0.39 is 67.4 Å². The molecule has 0 radical (unpaired) electrons. The Morgan fingerprint density at radius 3 is 2.50 bits per heavy atom. The van der Waals surface area contributed by atoms with Crippen LogP contribution in [0.4, 0.5) is 0 Å². The van der Waals surface area contributed by atoms with Crippen molar-refractivity contribution >= 4 is 18.0 Å². The van der Waals surface area contributed by atoms with Gasteiger partial charge in [-0.1, -0.05) is 12.1 Å². The van der Waals surface area contributed by atoms with Gasteiger partial charge in [0.15, 0.2) is 17.8 Å². The number of ether oxygens (including phenoxy) is 4. The zero-order chi connectivity index (χ0) is 27.6. The van der Waals surface area contributed by atoms with Gasteiger partial charge in [0.1, 0.15) is 31.0 Å². The number of carbonyl (C=O) groups is 2. The van der Waals surface area contributed by atoms with Gasteiger partial charge in [-0.15, -0.1) is 0 Å². The number of hydrogen-bond acceptors (Lipinski definition) is 12. The van der Waals surface area contributed by atoms with Crippen LogP contribution < -0.4 is 0 Å². The molecule has 3 aliphatic rings. The predicted molar refractivity (Wildman–Crippen MR) is 125 cm³/mol. The molecule has 1 fully saturated rings. The van der Waals surface area contributed by atoms with E-state index in [1.165, 1.54) is 24.3 Å². The van der Waals surface area contributed by atoms with Crippen LogP contribution in [-0.2, 0) is 28.5 Å². The van der Waals surface area contributed by atoms with Crippen LogP contribution >= 0.6 is 0 Å². The summed E-state index contributed by atoms with van der Waals surface area (Å²) in [6.45, 7) is -0.903. The summed E-state index contributed by atoms with van der Waals surface area (Å²) in [5.74, 6) is -3.98. The fourth-order valence-corrected chi connectivity index (χ4v) is 4.63. The summed E-state index contributed by atoms with van der Waals surface area (Å²) in [6.07, 6.45) is -3.78. The molecule has 13 nitrogen and oxygen atoms in total. The molecule has 1 aromatic carbocycles. The number of phenolic OH excluding ortho intramolecular Hbond substituents is 2. The van der Waals surface area contributed by atoms with Crippen molar-refractivity contribution in [3.05, 3.63) is 53.3 Å². The Bertz CT molecular complexity index is 1140. The number of allylic oxidation sites excluding steroid dienone is 1. The second kappa shape index (κ2) is 11.5. The summed E-state index contributed by atoms with van der Waals surface area (Å²) < 4.78 is 21.9. The van der Waals surface area contributed by atoms with Gasteiger partial charge in [0.2, 0.25) is 6.29 Å². The van der Waals surface area contributed by atoms with Crippen molar-refractivity contribution in [2.45, 2.75) is 43.4 Å². The highest BCUT2D eigenvalue weighted by Gasteiger charge is 2.49. The van der Waals surface area contributed by atoms with Crippen molar-refractivity contribution in [3.8, 4) is 11.5 Å². The molecule has 4 rings (SSSR count). The van der Waals surface area contributed by atoms with E-state index in [1.54, 1.807) is 6.08 Å². The lowest BCUT2D eigenvalue weighted by atomic mass is 9.83. The number of carbonyl (C=O) groups excluding carboxylic acids is 1. The van der Waals surface area contributed by atoms with Crippen LogP contribution in [0.3, 0.4) is 0 Å². The molecule has 0 spiro atoms. The van der Waals surface area contributed by atoms with Crippen LogP contribution in [0.2, 0.25) is 0 Å². The van der Waals surface area contributed by atoms with E-state index in [1.807, 2.05) is 0 Å². The summed E-state index contributed by atoms with van der Waals surface area (Å²) in [5, 5.41) is 69.1. The number of carboxylic acid groups (broad SMARTS) is 1. The van der Waals surface area contributed by atoms with E-state index >= 15 is 0 Å². The Hall–Kier alpha value is -3.46. The third-order valence-corrected chi connectivity index (χ3v) is 6.68. The minimum absolute atomic E-state index is 0.00419. The molecule has 2 aliphatic heterocycles. The molecule has 7 N–H and O–H groups in total. The fourth-order valence-electron chi connectivity index (χ4n) is 4.63. The minimum Gasteiger partial charge on any atom is -0.504 e. The van der Waals surface area contributed by atoms with Gasteiger partial charge < -0.3 is 54.7 Å². The van der Waals surface area contributed by atoms with Gasteiger partial charge in [-0.3, -0.25) is 0 Å². The molecule has 0 unspecified atom stereocenters. The maximum absolute atomic E-state index is 12.1. The molecule has 0 saturated carbocycles. The Kier molecular flexibility index (Phi) is 8.35. The smallest absolute Gasteiger partial charge is 0.335 e. The van der Waals surface area contributed by atoms with Gasteiger partial charge in [-0.2, -0.15) is 0 Å². The first-order valence-corrected chi connectivity index (χ1v) is 11.7. The van der Waals surface area contributed by atoms with Crippen LogP contribution in [-0.4, -0.2) is 97.9 Å². The molecular formula is C25H28O13. The van der Waals surface area contributed by atoms with Crippen LogP contribution in [0.25, 0.3) is 6.08 Å². The number of aromatic hydroxyl groups is 2. The van der Waals surface area contributed by atoms with Crippen LogP contribution in [0.1, 0.15) is 12.0 Å². The molecule has 1 aliphatic carbocycles. The number of rotatable bonds is 8. The summed E-state index contributed by atoms with van der Waals surface area (Å²) in [6, 6.07) is 3.91. The average Bonchev–Trinajstić information content (AvgIpc) is 3.33. The first kappa shape index (κ1) is 27.6. The molecule has 206 valence electrons. The number of hydrogen-bond donors (Lipinski definition) is 7. The van der Waals surface area contributed by atoms with Crippen LogP contribution in [0, 0.1) is 11.8 Å². The van der Waals surface area contributed by atoms with E-state index in [-0.39, 0.29) is 23.7 Å². The van der Waals surface area contributed by atoms with E-state index in [0.717, 1.165) is 12.3 Å². The highest BCUT2D eigenvalue weighted by Crippen LogP contribution is 2.44. The quantitative estimate of drug-likeness (QED) is 0.0954. The third kappa shape index (κ3) is 5.67. The Labute approximate surface area is 216 Å². The molecule has 0 bridgehead atoms. The normalized spacial score (nSPS) is 32.7. The van der Waals surface area contributed by atoms with Crippen molar-refractivity contribution in [3.63, 3.8) is 0 Å². The average molecular weight is 536 g/mol. The maximum atomic E-state index is 12.1. The van der Waals surface area contributed by atoms with E-state index in [4.69, 9.17) is 18.9 Å². The lowest BCUT2D eigenvalue weighted by molar-refractivity contribution is -0.339. The number of esters is 1. The molecule has 0 amide bonds. The van der Waals surface area contributed by atoms with Gasteiger partial charge in [-0.25, -0.2) is 9.59 Å². The zero-order valence-electron chi connectivity index (χ0n) is 19.9. The molecule has 8 atom stereocenters. The molecular weight excluding hydrogens is 508 g/mol. The number of benzene rings is 1. The molecule has 1 aromatic rings. The standard InChI is InChI=1S/C25H28O13/c26-8-12-3-4-13-14(23(33)34)9-36-24(19(12)13)38-25-22(32)21(31)20(30)17(37-25)10-35-18(29)6-2-11-1-5-15(27)16(28)7-11/h1-3,5-7,9,13,17,19-22,24-28,30-32H,4,8,10H2,(H,33,34)/b6-2+/t13-,17-,19-,20-,21+,22-,24+,25+/m1/s1. The highest BCUT2D eigenvalue weighted by atomic mass is 16.8. The number of aliphatic carboxylic acids is 1. The van der Waals surface area contributed by atoms with Gasteiger partial charge in [0.25, 0.3) is 0 Å². The highest BCUT2D eigenvalue weighted by molar-refractivity contribution is 5.87. The van der Waals surface area contributed by atoms with Crippen molar-refractivity contribution < 1.29 is 64.3 Å². The number of phenols is 2.